The maximum absolute atomic E-state index is 13.7. The Balaban J connectivity index is 2.00. The first-order valence-electron chi connectivity index (χ1n) is 8.79. The minimum Gasteiger partial charge on any atom is -0.354 e. The van der Waals surface area contributed by atoms with Crippen molar-refractivity contribution in [3.8, 4) is 0 Å². The molecule has 0 aliphatic carbocycles. The SMILES string of the molecule is CSCCC(NC(=O)c1ccc(Cl)cc1Cl)C(=O)NCCc1c(F)cccc1F. The second kappa shape index (κ2) is 11.4. The molecule has 0 saturated carbocycles. The second-order valence-electron chi connectivity index (χ2n) is 6.17. The lowest BCUT2D eigenvalue weighted by atomic mass is 10.1. The van der Waals surface area contributed by atoms with Crippen LogP contribution in [-0.4, -0.2) is 36.4 Å². The normalized spacial score (nSPS) is 11.8. The smallest absolute Gasteiger partial charge is 0.253 e. The van der Waals surface area contributed by atoms with Gasteiger partial charge in [0.05, 0.1) is 10.6 Å². The van der Waals surface area contributed by atoms with Crippen molar-refractivity contribution in [1.29, 1.82) is 0 Å². The quantitative estimate of drug-likeness (QED) is 0.579. The molecule has 9 heteroatoms. The van der Waals surface area contributed by atoms with E-state index in [0.717, 1.165) is 12.1 Å². The summed E-state index contributed by atoms with van der Waals surface area (Å²) in [5.74, 6) is -1.63. The molecule has 29 heavy (non-hydrogen) atoms. The van der Waals surface area contributed by atoms with Crippen molar-refractivity contribution in [1.82, 2.24) is 10.6 Å². The van der Waals surface area contributed by atoms with Gasteiger partial charge in [0, 0.05) is 17.1 Å². The highest BCUT2D eigenvalue weighted by Crippen LogP contribution is 2.21. The fraction of sp³-hybridized carbons (Fsp3) is 0.300. The third-order valence-electron chi connectivity index (χ3n) is 4.14. The average molecular weight is 461 g/mol. The van der Waals surface area contributed by atoms with E-state index in [9.17, 15) is 18.4 Å². The van der Waals surface area contributed by atoms with Gasteiger partial charge in [-0.3, -0.25) is 9.59 Å². The van der Waals surface area contributed by atoms with E-state index in [1.807, 2.05) is 6.26 Å². The van der Waals surface area contributed by atoms with E-state index in [0.29, 0.717) is 17.2 Å². The minimum absolute atomic E-state index is 0.00352. The highest BCUT2D eigenvalue weighted by atomic mass is 35.5. The molecule has 0 aliphatic heterocycles. The Kier molecular flexibility index (Phi) is 9.20. The van der Waals surface area contributed by atoms with Crippen molar-refractivity contribution in [3.63, 3.8) is 0 Å². The van der Waals surface area contributed by atoms with Crippen LogP contribution in [0, 0.1) is 11.6 Å². The lowest BCUT2D eigenvalue weighted by Crippen LogP contribution is -2.47. The van der Waals surface area contributed by atoms with Gasteiger partial charge in [-0.2, -0.15) is 11.8 Å². The van der Waals surface area contributed by atoms with Gasteiger partial charge in [0.2, 0.25) is 5.91 Å². The summed E-state index contributed by atoms with van der Waals surface area (Å²) >= 11 is 13.4. The summed E-state index contributed by atoms with van der Waals surface area (Å²) < 4.78 is 27.4. The van der Waals surface area contributed by atoms with E-state index < -0.39 is 29.5 Å². The molecule has 0 aromatic heterocycles. The van der Waals surface area contributed by atoms with Crippen LogP contribution in [-0.2, 0) is 11.2 Å². The van der Waals surface area contributed by atoms with E-state index in [1.54, 1.807) is 0 Å². The summed E-state index contributed by atoms with van der Waals surface area (Å²) in [6.07, 6.45) is 2.27. The zero-order valence-electron chi connectivity index (χ0n) is 15.6. The van der Waals surface area contributed by atoms with Crippen molar-refractivity contribution in [2.24, 2.45) is 0 Å². The molecule has 2 N–H and O–H groups in total. The summed E-state index contributed by atoms with van der Waals surface area (Å²) in [6, 6.07) is 7.25. The molecule has 2 rings (SSSR count). The zero-order valence-corrected chi connectivity index (χ0v) is 17.9. The Hall–Kier alpha value is -1.83. The highest BCUT2D eigenvalue weighted by Gasteiger charge is 2.22. The van der Waals surface area contributed by atoms with Crippen LogP contribution in [0.1, 0.15) is 22.3 Å². The summed E-state index contributed by atoms with van der Waals surface area (Å²) in [7, 11) is 0. The maximum Gasteiger partial charge on any atom is 0.253 e. The lowest BCUT2D eigenvalue weighted by Gasteiger charge is -2.19. The van der Waals surface area contributed by atoms with Gasteiger partial charge in [0.25, 0.3) is 5.91 Å². The van der Waals surface area contributed by atoms with E-state index in [-0.39, 0.29) is 29.1 Å². The van der Waals surface area contributed by atoms with E-state index >= 15 is 0 Å². The number of amides is 2. The number of carbonyl (C=O) groups is 2. The largest absolute Gasteiger partial charge is 0.354 e. The first-order chi connectivity index (χ1) is 13.8. The van der Waals surface area contributed by atoms with Gasteiger partial charge < -0.3 is 10.6 Å². The third-order valence-corrected chi connectivity index (χ3v) is 5.34. The molecule has 1 unspecified atom stereocenters. The van der Waals surface area contributed by atoms with Gasteiger partial charge in [-0.15, -0.1) is 0 Å². The first-order valence-corrected chi connectivity index (χ1v) is 10.9. The second-order valence-corrected chi connectivity index (χ2v) is 8.00. The molecule has 0 aliphatic rings. The van der Waals surface area contributed by atoms with Crippen LogP contribution in [0.25, 0.3) is 0 Å². The van der Waals surface area contributed by atoms with Gasteiger partial charge in [-0.1, -0.05) is 29.3 Å². The summed E-state index contributed by atoms with van der Waals surface area (Å²) in [5.41, 5.74) is 0.108. The fourth-order valence-electron chi connectivity index (χ4n) is 2.62. The number of hydrogen-bond donors (Lipinski definition) is 2. The van der Waals surface area contributed by atoms with Crippen LogP contribution in [0.3, 0.4) is 0 Å². The van der Waals surface area contributed by atoms with E-state index in [1.165, 1.54) is 36.0 Å². The van der Waals surface area contributed by atoms with Gasteiger partial charge in [0.15, 0.2) is 0 Å². The molecule has 1 atom stereocenters. The molecule has 2 amide bonds. The molecule has 2 aromatic carbocycles. The molecule has 0 heterocycles. The zero-order chi connectivity index (χ0) is 21.4. The van der Waals surface area contributed by atoms with Crippen LogP contribution in [0.15, 0.2) is 36.4 Å². The van der Waals surface area contributed by atoms with Crippen molar-refractivity contribution in [3.05, 3.63) is 69.2 Å². The molecular weight excluding hydrogens is 441 g/mol. The maximum atomic E-state index is 13.7. The fourth-order valence-corrected chi connectivity index (χ4v) is 3.58. The lowest BCUT2D eigenvalue weighted by molar-refractivity contribution is -0.123. The van der Waals surface area contributed by atoms with Crippen molar-refractivity contribution in [2.45, 2.75) is 18.9 Å². The topological polar surface area (TPSA) is 58.2 Å². The molecule has 156 valence electrons. The molecule has 2 aromatic rings. The van der Waals surface area contributed by atoms with Crippen molar-refractivity contribution in [2.75, 3.05) is 18.6 Å². The van der Waals surface area contributed by atoms with Crippen LogP contribution in [0.4, 0.5) is 8.78 Å². The molecular formula is C20H20Cl2F2N2O2S. The van der Waals surface area contributed by atoms with Crippen LogP contribution in [0.2, 0.25) is 10.0 Å². The van der Waals surface area contributed by atoms with Crippen LogP contribution >= 0.6 is 35.0 Å². The van der Waals surface area contributed by atoms with Crippen LogP contribution < -0.4 is 10.6 Å². The van der Waals surface area contributed by atoms with Gasteiger partial charge in [-0.05, 0) is 55.2 Å². The number of benzene rings is 2. The standard InChI is InChI=1S/C20H20Cl2F2N2O2S/c1-29-10-8-18(26-19(27)13-6-5-12(21)11-15(13)22)20(28)25-9-7-14-16(23)3-2-4-17(14)24/h2-6,11,18H,7-10H2,1H3,(H,25,28)(H,26,27). The third kappa shape index (κ3) is 6.87. The van der Waals surface area contributed by atoms with E-state index in [2.05, 4.69) is 10.6 Å². The Morgan fingerprint density at radius 1 is 1.14 bits per heavy atom. The Bertz CT molecular complexity index is 863. The average Bonchev–Trinajstić information content (AvgIpc) is 2.67. The first kappa shape index (κ1) is 23.4. The van der Waals surface area contributed by atoms with E-state index in [4.69, 9.17) is 23.2 Å². The van der Waals surface area contributed by atoms with Crippen molar-refractivity contribution < 1.29 is 18.4 Å². The molecule has 0 bridgehead atoms. The number of hydrogen-bond acceptors (Lipinski definition) is 3. The van der Waals surface area contributed by atoms with Gasteiger partial charge >= 0.3 is 0 Å². The molecule has 4 nitrogen and oxygen atoms in total. The summed E-state index contributed by atoms with van der Waals surface area (Å²) in [4.78, 5) is 25.1. The Morgan fingerprint density at radius 3 is 2.45 bits per heavy atom. The molecule has 0 radical (unpaired) electrons. The molecule has 0 fully saturated rings. The molecule has 0 spiro atoms. The Labute approximate surface area is 182 Å². The highest BCUT2D eigenvalue weighted by molar-refractivity contribution is 7.98. The predicted octanol–water partition coefficient (Wildman–Crippen LogP) is 4.48. The number of rotatable bonds is 9. The number of thioether (sulfide) groups is 1. The Morgan fingerprint density at radius 2 is 1.83 bits per heavy atom. The summed E-state index contributed by atoms with van der Waals surface area (Å²) in [5, 5.41) is 5.85. The minimum atomic E-state index is -0.813. The van der Waals surface area contributed by atoms with Crippen molar-refractivity contribution >= 4 is 46.8 Å². The number of nitrogens with one attached hydrogen (secondary N) is 2. The predicted molar refractivity (Wildman–Crippen MR) is 114 cm³/mol. The number of halogens is 4. The van der Waals surface area contributed by atoms with Gasteiger partial charge in [0.1, 0.15) is 17.7 Å². The van der Waals surface area contributed by atoms with Crippen LogP contribution in [0.5, 0.6) is 0 Å². The number of carbonyl (C=O) groups excluding carboxylic acids is 2. The van der Waals surface area contributed by atoms with Gasteiger partial charge in [-0.25, -0.2) is 8.78 Å². The molecule has 0 saturated heterocycles. The summed E-state index contributed by atoms with van der Waals surface area (Å²) in [6.45, 7) is 0.0318. The monoisotopic (exact) mass is 460 g/mol.